The summed E-state index contributed by atoms with van der Waals surface area (Å²) < 4.78 is 34.5. The molecule has 1 saturated heterocycles. The molecule has 2 aromatic heterocycles. The molecule has 1 aliphatic rings. The fraction of sp³-hybridized carbons (Fsp3) is 0.333. The van der Waals surface area contributed by atoms with Gasteiger partial charge in [-0.25, -0.2) is 4.98 Å². The molecule has 3 aromatic rings. The second-order valence-electron chi connectivity index (χ2n) is 7.00. The van der Waals surface area contributed by atoms with Crippen LogP contribution in [0.25, 0.3) is 11.3 Å². The van der Waals surface area contributed by atoms with Gasteiger partial charge in [0.1, 0.15) is 11.5 Å². The highest BCUT2D eigenvalue weighted by molar-refractivity contribution is 7.14. The molecular weight excluding hydrogens is 412 g/mol. The van der Waals surface area contributed by atoms with Crippen molar-refractivity contribution in [3.8, 4) is 17.0 Å². The van der Waals surface area contributed by atoms with E-state index in [2.05, 4.69) is 19.9 Å². The molecule has 30 heavy (non-hydrogen) atoms. The third-order valence-corrected chi connectivity index (χ3v) is 5.57. The molecule has 1 amide bonds. The minimum atomic E-state index is -2.86. The zero-order valence-electron chi connectivity index (χ0n) is 16.1. The van der Waals surface area contributed by atoms with E-state index in [1.807, 2.05) is 6.07 Å². The molecule has 9 heteroatoms. The zero-order valence-corrected chi connectivity index (χ0v) is 17.0. The molecule has 1 fully saturated rings. The number of hydrogen-bond donors (Lipinski definition) is 1. The molecule has 0 spiro atoms. The van der Waals surface area contributed by atoms with Gasteiger partial charge in [-0.3, -0.25) is 15.0 Å². The lowest BCUT2D eigenvalue weighted by Gasteiger charge is -2.25. The molecule has 4 rings (SSSR count). The van der Waals surface area contributed by atoms with Crippen LogP contribution in [-0.4, -0.2) is 35.5 Å². The van der Waals surface area contributed by atoms with Gasteiger partial charge in [-0.05, 0) is 62.3 Å². The molecule has 0 atom stereocenters. The molecule has 1 aromatic carbocycles. The summed E-state index contributed by atoms with van der Waals surface area (Å²) in [5, 5.41) is 4.95. The van der Waals surface area contributed by atoms with Crippen LogP contribution in [0.1, 0.15) is 35.6 Å². The second kappa shape index (κ2) is 9.36. The van der Waals surface area contributed by atoms with E-state index < -0.39 is 6.61 Å². The van der Waals surface area contributed by atoms with Gasteiger partial charge >= 0.3 is 6.61 Å². The highest BCUT2D eigenvalue weighted by Gasteiger charge is 2.17. The van der Waals surface area contributed by atoms with Gasteiger partial charge in [-0.1, -0.05) is 6.42 Å². The Bertz CT molecular complexity index is 982. The van der Waals surface area contributed by atoms with E-state index in [9.17, 15) is 13.6 Å². The number of thiazole rings is 1. The van der Waals surface area contributed by atoms with Crippen LogP contribution in [-0.2, 0) is 6.54 Å². The SMILES string of the molecule is O=C(Nc1nc(-c2ccc(OC(F)F)cc2)cs1)c1ccc(CN2CCCCC2)o1. The highest BCUT2D eigenvalue weighted by Crippen LogP contribution is 2.27. The van der Waals surface area contributed by atoms with Gasteiger partial charge in [0.15, 0.2) is 10.9 Å². The molecule has 0 aliphatic carbocycles. The predicted octanol–water partition coefficient (Wildman–Crippen LogP) is 5.24. The summed E-state index contributed by atoms with van der Waals surface area (Å²) in [5.74, 6) is 0.734. The smallest absolute Gasteiger partial charge is 0.387 e. The molecule has 0 saturated carbocycles. The van der Waals surface area contributed by atoms with Crippen LogP contribution in [0.4, 0.5) is 13.9 Å². The fourth-order valence-electron chi connectivity index (χ4n) is 3.35. The number of nitrogens with one attached hydrogen (secondary N) is 1. The molecule has 1 aliphatic heterocycles. The van der Waals surface area contributed by atoms with Crippen molar-refractivity contribution in [2.75, 3.05) is 18.4 Å². The molecule has 0 bridgehead atoms. The van der Waals surface area contributed by atoms with Gasteiger partial charge in [0, 0.05) is 10.9 Å². The number of furan rings is 1. The lowest BCUT2D eigenvalue weighted by atomic mass is 10.1. The zero-order chi connectivity index (χ0) is 20.9. The fourth-order valence-corrected chi connectivity index (χ4v) is 4.07. The number of nitrogens with zero attached hydrogens (tertiary/aromatic N) is 2. The number of anilines is 1. The van der Waals surface area contributed by atoms with Gasteiger partial charge in [-0.2, -0.15) is 8.78 Å². The van der Waals surface area contributed by atoms with E-state index in [1.54, 1.807) is 23.6 Å². The number of amides is 1. The van der Waals surface area contributed by atoms with Gasteiger partial charge < -0.3 is 9.15 Å². The van der Waals surface area contributed by atoms with Gasteiger partial charge in [0.25, 0.3) is 5.91 Å². The Morgan fingerprint density at radius 2 is 1.93 bits per heavy atom. The number of carbonyl (C=O) groups excluding carboxylic acids is 1. The largest absolute Gasteiger partial charge is 0.455 e. The van der Waals surface area contributed by atoms with Crippen molar-refractivity contribution in [2.45, 2.75) is 32.4 Å². The Morgan fingerprint density at radius 3 is 2.67 bits per heavy atom. The number of piperidine rings is 1. The lowest BCUT2D eigenvalue weighted by Crippen LogP contribution is -2.28. The van der Waals surface area contributed by atoms with Crippen molar-refractivity contribution in [1.29, 1.82) is 0 Å². The summed E-state index contributed by atoms with van der Waals surface area (Å²) in [6.07, 6.45) is 3.66. The van der Waals surface area contributed by atoms with E-state index in [-0.39, 0.29) is 17.4 Å². The van der Waals surface area contributed by atoms with Crippen LogP contribution in [0.2, 0.25) is 0 Å². The topological polar surface area (TPSA) is 67.6 Å². The van der Waals surface area contributed by atoms with E-state index in [4.69, 9.17) is 4.42 Å². The second-order valence-corrected chi connectivity index (χ2v) is 7.86. The van der Waals surface area contributed by atoms with Gasteiger partial charge in [0.05, 0.1) is 12.2 Å². The maximum absolute atomic E-state index is 12.5. The van der Waals surface area contributed by atoms with Crippen molar-refractivity contribution < 1.29 is 22.7 Å². The number of aromatic nitrogens is 1. The first kappa shape index (κ1) is 20.5. The quantitative estimate of drug-likeness (QED) is 0.552. The molecule has 6 nitrogen and oxygen atoms in total. The van der Waals surface area contributed by atoms with E-state index in [0.29, 0.717) is 17.4 Å². The first-order valence-electron chi connectivity index (χ1n) is 9.70. The molecule has 158 valence electrons. The monoisotopic (exact) mass is 433 g/mol. The van der Waals surface area contributed by atoms with Crippen molar-refractivity contribution >= 4 is 22.4 Å². The Morgan fingerprint density at radius 1 is 1.17 bits per heavy atom. The van der Waals surface area contributed by atoms with Crippen LogP contribution < -0.4 is 10.1 Å². The summed E-state index contributed by atoms with van der Waals surface area (Å²) in [7, 11) is 0. The number of carbonyl (C=O) groups is 1. The third kappa shape index (κ3) is 5.22. The summed E-state index contributed by atoms with van der Waals surface area (Å²) in [4.78, 5) is 19.2. The van der Waals surface area contributed by atoms with E-state index in [0.717, 1.165) is 24.4 Å². The summed E-state index contributed by atoms with van der Waals surface area (Å²) in [6.45, 7) is -0.0440. The molecule has 1 N–H and O–H groups in total. The van der Waals surface area contributed by atoms with Crippen LogP contribution in [0.15, 0.2) is 46.2 Å². The van der Waals surface area contributed by atoms with Crippen molar-refractivity contribution in [3.63, 3.8) is 0 Å². The predicted molar refractivity (Wildman–Crippen MR) is 110 cm³/mol. The number of benzene rings is 1. The lowest BCUT2D eigenvalue weighted by molar-refractivity contribution is -0.0498. The number of alkyl halides is 2. The minimum absolute atomic E-state index is 0.0793. The van der Waals surface area contributed by atoms with Crippen molar-refractivity contribution in [2.24, 2.45) is 0 Å². The minimum Gasteiger partial charge on any atom is -0.455 e. The normalized spacial score (nSPS) is 14.8. The molecule has 0 unspecified atom stereocenters. The summed E-state index contributed by atoms with van der Waals surface area (Å²) >= 11 is 1.27. The van der Waals surface area contributed by atoms with Crippen molar-refractivity contribution in [3.05, 3.63) is 53.3 Å². The maximum Gasteiger partial charge on any atom is 0.387 e. The first-order chi connectivity index (χ1) is 14.6. The number of rotatable bonds is 7. The summed E-state index contributed by atoms with van der Waals surface area (Å²) in [5.41, 5.74) is 1.36. The molecule has 0 radical (unpaired) electrons. The molecule has 3 heterocycles. The Labute approximate surface area is 176 Å². The Hall–Kier alpha value is -2.78. The van der Waals surface area contributed by atoms with Crippen LogP contribution >= 0.6 is 11.3 Å². The van der Waals surface area contributed by atoms with Gasteiger partial charge in [-0.15, -0.1) is 11.3 Å². The maximum atomic E-state index is 12.5. The van der Waals surface area contributed by atoms with E-state index in [1.165, 1.54) is 42.7 Å². The number of hydrogen-bond acceptors (Lipinski definition) is 6. The Kier molecular flexibility index (Phi) is 6.39. The average molecular weight is 433 g/mol. The summed E-state index contributed by atoms with van der Waals surface area (Å²) in [6, 6.07) is 9.68. The first-order valence-corrected chi connectivity index (χ1v) is 10.6. The van der Waals surface area contributed by atoms with Crippen molar-refractivity contribution in [1.82, 2.24) is 9.88 Å². The average Bonchev–Trinajstić information content (AvgIpc) is 3.39. The molecular formula is C21H21F2N3O3S. The van der Waals surface area contributed by atoms with Crippen LogP contribution in [0.3, 0.4) is 0 Å². The van der Waals surface area contributed by atoms with Crippen LogP contribution in [0, 0.1) is 0 Å². The highest BCUT2D eigenvalue weighted by atomic mass is 32.1. The number of halogens is 2. The Balaban J connectivity index is 1.36. The standard InChI is InChI=1S/C21H21F2N3O3S/c22-20(23)29-15-6-4-14(5-7-15)17-13-30-21(24-17)25-19(27)18-9-8-16(28-18)12-26-10-2-1-3-11-26/h4-9,13,20H,1-3,10-12H2,(H,24,25,27). The van der Waals surface area contributed by atoms with Gasteiger partial charge in [0.2, 0.25) is 0 Å². The number of likely N-dealkylation sites (tertiary alicyclic amines) is 1. The van der Waals surface area contributed by atoms with Crippen LogP contribution in [0.5, 0.6) is 5.75 Å². The third-order valence-electron chi connectivity index (χ3n) is 4.81. The van der Waals surface area contributed by atoms with E-state index >= 15 is 0 Å². The number of ether oxygens (including phenoxy) is 1.